The molecule has 19 heavy (non-hydrogen) atoms. The summed E-state index contributed by atoms with van der Waals surface area (Å²) >= 11 is 0. The predicted molar refractivity (Wildman–Crippen MR) is 75.8 cm³/mol. The maximum Gasteiger partial charge on any atom is 0.123 e. The van der Waals surface area contributed by atoms with Crippen molar-refractivity contribution in [1.29, 1.82) is 0 Å². The Labute approximate surface area is 115 Å². The molecule has 1 atom stereocenters. The van der Waals surface area contributed by atoms with Crippen molar-refractivity contribution in [3.8, 4) is 0 Å². The van der Waals surface area contributed by atoms with E-state index in [1.807, 2.05) is 6.07 Å². The molecule has 0 spiro atoms. The quantitative estimate of drug-likeness (QED) is 0.718. The first-order valence-corrected chi connectivity index (χ1v) is 7.45. The first-order valence-electron chi connectivity index (χ1n) is 7.45. The summed E-state index contributed by atoms with van der Waals surface area (Å²) in [6.07, 6.45) is 4.72. The molecule has 1 unspecified atom stereocenters. The van der Waals surface area contributed by atoms with Gasteiger partial charge in [-0.25, -0.2) is 4.39 Å². The molecule has 0 amide bonds. The van der Waals surface area contributed by atoms with E-state index in [4.69, 9.17) is 0 Å². The number of hydrogen-bond acceptors (Lipinski definition) is 2. The monoisotopic (exact) mass is 262 g/mol. The van der Waals surface area contributed by atoms with Crippen LogP contribution in [0.1, 0.15) is 36.4 Å². The van der Waals surface area contributed by atoms with E-state index in [9.17, 15) is 4.39 Å². The van der Waals surface area contributed by atoms with Crippen LogP contribution in [0.15, 0.2) is 18.2 Å². The zero-order valence-corrected chi connectivity index (χ0v) is 11.7. The third-order valence-corrected chi connectivity index (χ3v) is 4.62. The molecular weight excluding hydrogens is 239 g/mol. The molecule has 0 bridgehead atoms. The van der Waals surface area contributed by atoms with E-state index >= 15 is 0 Å². The first kappa shape index (κ1) is 13.1. The topological polar surface area (TPSA) is 6.48 Å². The molecule has 2 aliphatic rings. The number of fused-ring (bicyclic) bond motifs is 1. The van der Waals surface area contributed by atoms with Crippen LogP contribution in [0.2, 0.25) is 0 Å². The maximum absolute atomic E-state index is 13.4. The van der Waals surface area contributed by atoms with Crippen LogP contribution in [-0.4, -0.2) is 43.0 Å². The van der Waals surface area contributed by atoms with Crippen LogP contribution in [0.4, 0.5) is 4.39 Å². The molecule has 0 radical (unpaired) electrons. The van der Waals surface area contributed by atoms with Gasteiger partial charge in [-0.05, 0) is 49.6 Å². The van der Waals surface area contributed by atoms with E-state index < -0.39 is 0 Å². The zero-order valence-electron chi connectivity index (χ0n) is 11.7. The molecule has 3 rings (SSSR count). The van der Waals surface area contributed by atoms with Crippen LogP contribution in [0.25, 0.3) is 0 Å². The van der Waals surface area contributed by atoms with Crippen LogP contribution in [-0.2, 0) is 6.42 Å². The summed E-state index contributed by atoms with van der Waals surface area (Å²) in [4.78, 5) is 4.99. The Morgan fingerprint density at radius 3 is 2.68 bits per heavy atom. The second-order valence-corrected chi connectivity index (χ2v) is 5.94. The minimum atomic E-state index is -0.0854. The highest BCUT2D eigenvalue weighted by molar-refractivity contribution is 5.32. The van der Waals surface area contributed by atoms with Crippen LogP contribution in [0, 0.1) is 5.82 Å². The molecule has 1 fully saturated rings. The molecule has 1 aliphatic heterocycles. The Kier molecular flexibility index (Phi) is 3.85. The van der Waals surface area contributed by atoms with Crippen molar-refractivity contribution < 1.29 is 4.39 Å². The third kappa shape index (κ3) is 2.82. The van der Waals surface area contributed by atoms with E-state index in [1.54, 1.807) is 12.1 Å². The molecule has 1 saturated heterocycles. The molecule has 3 heteroatoms. The molecule has 1 aromatic rings. The van der Waals surface area contributed by atoms with Crippen molar-refractivity contribution in [2.45, 2.75) is 31.7 Å². The van der Waals surface area contributed by atoms with E-state index in [0.29, 0.717) is 6.04 Å². The van der Waals surface area contributed by atoms with Crippen molar-refractivity contribution >= 4 is 0 Å². The van der Waals surface area contributed by atoms with Gasteiger partial charge in [0.25, 0.3) is 0 Å². The maximum atomic E-state index is 13.4. The predicted octanol–water partition coefficient (Wildman–Crippen LogP) is 2.84. The van der Waals surface area contributed by atoms with Crippen molar-refractivity contribution in [3.63, 3.8) is 0 Å². The smallest absolute Gasteiger partial charge is 0.123 e. The lowest BCUT2D eigenvalue weighted by molar-refractivity contribution is 0.106. The standard InChI is InChI=1S/C16H23FN2/c1-18-8-10-19(11-9-18)16-5-3-2-4-13-12-14(17)6-7-15(13)16/h6-7,12,16H,2-5,8-11H2,1H3. The highest BCUT2D eigenvalue weighted by Crippen LogP contribution is 2.34. The number of piperazine rings is 1. The van der Waals surface area contributed by atoms with Gasteiger partial charge in [-0.15, -0.1) is 0 Å². The number of rotatable bonds is 1. The summed E-state index contributed by atoms with van der Waals surface area (Å²) in [5, 5.41) is 0. The molecule has 1 heterocycles. The number of hydrogen-bond donors (Lipinski definition) is 0. The van der Waals surface area contributed by atoms with Crippen molar-refractivity contribution in [2.75, 3.05) is 33.2 Å². The Morgan fingerprint density at radius 1 is 1.11 bits per heavy atom. The van der Waals surface area contributed by atoms with Gasteiger partial charge in [0.15, 0.2) is 0 Å². The lowest BCUT2D eigenvalue weighted by Crippen LogP contribution is -2.46. The fraction of sp³-hybridized carbons (Fsp3) is 0.625. The number of halogens is 1. The van der Waals surface area contributed by atoms with Crippen LogP contribution < -0.4 is 0 Å². The summed E-state index contributed by atoms with van der Waals surface area (Å²) < 4.78 is 13.4. The molecule has 104 valence electrons. The summed E-state index contributed by atoms with van der Waals surface area (Å²) in [7, 11) is 2.19. The Morgan fingerprint density at radius 2 is 1.89 bits per heavy atom. The number of nitrogens with zero attached hydrogens (tertiary/aromatic N) is 2. The average molecular weight is 262 g/mol. The zero-order chi connectivity index (χ0) is 13.2. The van der Waals surface area contributed by atoms with E-state index in [0.717, 1.165) is 32.6 Å². The van der Waals surface area contributed by atoms with Crippen molar-refractivity contribution in [2.24, 2.45) is 0 Å². The van der Waals surface area contributed by atoms with Gasteiger partial charge in [0.1, 0.15) is 5.82 Å². The normalized spacial score (nSPS) is 25.9. The molecule has 0 saturated carbocycles. The Balaban J connectivity index is 1.85. The largest absolute Gasteiger partial charge is 0.304 e. The summed E-state index contributed by atoms with van der Waals surface area (Å²) in [5.74, 6) is -0.0854. The lowest BCUT2D eigenvalue weighted by Gasteiger charge is -2.38. The van der Waals surface area contributed by atoms with Gasteiger partial charge in [-0.3, -0.25) is 4.90 Å². The van der Waals surface area contributed by atoms with Gasteiger partial charge in [-0.1, -0.05) is 12.5 Å². The van der Waals surface area contributed by atoms with Gasteiger partial charge < -0.3 is 4.90 Å². The van der Waals surface area contributed by atoms with Gasteiger partial charge >= 0.3 is 0 Å². The van der Waals surface area contributed by atoms with Gasteiger partial charge in [-0.2, -0.15) is 0 Å². The van der Waals surface area contributed by atoms with Crippen molar-refractivity contribution in [1.82, 2.24) is 9.80 Å². The Bertz CT molecular complexity index is 438. The minimum absolute atomic E-state index is 0.0854. The molecule has 1 aromatic carbocycles. The van der Waals surface area contributed by atoms with E-state index in [-0.39, 0.29) is 5.82 Å². The SMILES string of the molecule is CN1CCN(C2CCCCc3cc(F)ccc32)CC1. The van der Waals surface area contributed by atoms with E-state index in [1.165, 1.54) is 30.4 Å². The highest BCUT2D eigenvalue weighted by Gasteiger charge is 2.26. The highest BCUT2D eigenvalue weighted by atomic mass is 19.1. The van der Waals surface area contributed by atoms with Crippen LogP contribution >= 0.6 is 0 Å². The van der Waals surface area contributed by atoms with Crippen LogP contribution in [0.3, 0.4) is 0 Å². The first-order chi connectivity index (χ1) is 9.24. The fourth-order valence-corrected chi connectivity index (χ4v) is 3.44. The fourth-order valence-electron chi connectivity index (χ4n) is 3.44. The van der Waals surface area contributed by atoms with E-state index in [2.05, 4.69) is 16.8 Å². The second-order valence-electron chi connectivity index (χ2n) is 5.94. The number of likely N-dealkylation sites (N-methyl/N-ethyl adjacent to an activating group) is 1. The number of benzene rings is 1. The lowest BCUT2D eigenvalue weighted by atomic mass is 9.97. The molecule has 2 nitrogen and oxygen atoms in total. The second kappa shape index (κ2) is 5.59. The summed E-state index contributed by atoms with van der Waals surface area (Å²) in [6.45, 7) is 4.57. The molecule has 0 N–H and O–H groups in total. The average Bonchev–Trinajstić information content (AvgIpc) is 2.61. The van der Waals surface area contributed by atoms with Gasteiger partial charge in [0, 0.05) is 32.2 Å². The van der Waals surface area contributed by atoms with Crippen LogP contribution in [0.5, 0.6) is 0 Å². The Hall–Kier alpha value is -0.930. The molecular formula is C16H23FN2. The molecule has 0 aromatic heterocycles. The van der Waals surface area contributed by atoms with Crippen molar-refractivity contribution in [3.05, 3.63) is 35.1 Å². The summed E-state index contributed by atoms with van der Waals surface area (Å²) in [6, 6.07) is 5.92. The third-order valence-electron chi connectivity index (χ3n) is 4.62. The number of aryl methyl sites for hydroxylation is 1. The minimum Gasteiger partial charge on any atom is -0.304 e. The van der Waals surface area contributed by atoms with Gasteiger partial charge in [0.05, 0.1) is 0 Å². The summed E-state index contributed by atoms with van der Waals surface area (Å²) in [5.41, 5.74) is 2.62. The molecule has 1 aliphatic carbocycles. The van der Waals surface area contributed by atoms with Gasteiger partial charge in [0.2, 0.25) is 0 Å².